The number of carbonyl (C=O) groups is 2. The molecule has 2 aromatic rings. The molecule has 0 unspecified atom stereocenters. The quantitative estimate of drug-likeness (QED) is 0.626. The Hall–Kier alpha value is -2.88. The molecule has 0 radical (unpaired) electrons. The lowest BCUT2D eigenvalue weighted by Gasteiger charge is -2.03. The van der Waals surface area contributed by atoms with E-state index in [4.69, 9.17) is 4.74 Å². The van der Waals surface area contributed by atoms with Gasteiger partial charge in [0.25, 0.3) is 0 Å². The number of carbonyl (C=O) groups excluding carboxylic acids is 2. The molecule has 4 nitrogen and oxygen atoms in total. The molecule has 0 amide bonds. The molecule has 2 rings (SSSR count). The number of hydrogen-bond donors (Lipinski definition) is 0. The van der Waals surface area contributed by atoms with Gasteiger partial charge in [0.15, 0.2) is 0 Å². The molecule has 0 aliphatic carbocycles. The number of aryl methyl sites for hydroxylation is 1. The molecule has 0 atom stereocenters. The van der Waals surface area contributed by atoms with Crippen molar-refractivity contribution in [1.82, 2.24) is 0 Å². The van der Waals surface area contributed by atoms with Gasteiger partial charge >= 0.3 is 11.9 Å². The van der Waals surface area contributed by atoms with Crippen molar-refractivity contribution in [3.8, 4) is 0 Å². The van der Waals surface area contributed by atoms with E-state index in [1.54, 1.807) is 30.3 Å². The molecule has 0 heterocycles. The summed E-state index contributed by atoms with van der Waals surface area (Å²) < 4.78 is 9.81. The van der Waals surface area contributed by atoms with Crippen molar-refractivity contribution in [2.24, 2.45) is 0 Å². The second kappa shape index (κ2) is 7.94. The van der Waals surface area contributed by atoms with Crippen LogP contribution in [0.25, 0.3) is 6.08 Å². The number of rotatable bonds is 5. The van der Waals surface area contributed by atoms with Crippen molar-refractivity contribution in [1.29, 1.82) is 0 Å². The van der Waals surface area contributed by atoms with Crippen LogP contribution >= 0.6 is 0 Å². The maximum Gasteiger partial charge on any atom is 0.337 e. The molecular formula is C19H18O4. The third kappa shape index (κ3) is 5.11. The van der Waals surface area contributed by atoms with Crippen LogP contribution in [0, 0.1) is 6.92 Å². The molecule has 0 aliphatic heterocycles. The molecule has 0 aromatic heterocycles. The first-order valence-corrected chi connectivity index (χ1v) is 7.17. The zero-order valence-electron chi connectivity index (χ0n) is 13.1. The van der Waals surface area contributed by atoms with E-state index in [2.05, 4.69) is 4.74 Å². The SMILES string of the molecule is COC(=O)c1ccc(/C=C/C(=O)OCc2cccc(C)c2)cc1. The van der Waals surface area contributed by atoms with Crippen LogP contribution in [0.4, 0.5) is 0 Å². The smallest absolute Gasteiger partial charge is 0.337 e. The molecular weight excluding hydrogens is 292 g/mol. The van der Waals surface area contributed by atoms with E-state index >= 15 is 0 Å². The Morgan fingerprint density at radius 3 is 2.48 bits per heavy atom. The van der Waals surface area contributed by atoms with Crippen LogP contribution < -0.4 is 0 Å². The summed E-state index contributed by atoms with van der Waals surface area (Å²) >= 11 is 0. The molecule has 0 bridgehead atoms. The predicted molar refractivity (Wildman–Crippen MR) is 87.8 cm³/mol. The fraction of sp³-hybridized carbons (Fsp3) is 0.158. The van der Waals surface area contributed by atoms with Gasteiger partial charge in [-0.05, 0) is 36.3 Å². The maximum absolute atomic E-state index is 11.7. The van der Waals surface area contributed by atoms with Gasteiger partial charge in [-0.2, -0.15) is 0 Å². The Bertz CT molecular complexity index is 714. The summed E-state index contributed by atoms with van der Waals surface area (Å²) in [5.41, 5.74) is 3.34. The summed E-state index contributed by atoms with van der Waals surface area (Å²) in [4.78, 5) is 23.0. The Labute approximate surface area is 135 Å². The molecule has 23 heavy (non-hydrogen) atoms. The highest BCUT2D eigenvalue weighted by Gasteiger charge is 2.03. The molecule has 0 saturated heterocycles. The highest BCUT2D eigenvalue weighted by molar-refractivity contribution is 5.90. The van der Waals surface area contributed by atoms with E-state index < -0.39 is 11.9 Å². The highest BCUT2D eigenvalue weighted by atomic mass is 16.5. The third-order valence-corrected chi connectivity index (χ3v) is 3.21. The van der Waals surface area contributed by atoms with Crippen molar-refractivity contribution >= 4 is 18.0 Å². The molecule has 2 aromatic carbocycles. The van der Waals surface area contributed by atoms with Crippen molar-refractivity contribution in [2.75, 3.05) is 7.11 Å². The van der Waals surface area contributed by atoms with Gasteiger partial charge in [0.05, 0.1) is 12.7 Å². The van der Waals surface area contributed by atoms with Crippen LogP contribution in [0.5, 0.6) is 0 Å². The average molecular weight is 310 g/mol. The van der Waals surface area contributed by atoms with Gasteiger partial charge in [-0.1, -0.05) is 42.0 Å². The molecule has 4 heteroatoms. The largest absolute Gasteiger partial charge is 0.465 e. The summed E-state index contributed by atoms with van der Waals surface area (Å²) in [5, 5.41) is 0. The average Bonchev–Trinajstić information content (AvgIpc) is 2.58. The van der Waals surface area contributed by atoms with Crippen LogP contribution in [0.1, 0.15) is 27.0 Å². The van der Waals surface area contributed by atoms with E-state index in [9.17, 15) is 9.59 Å². The molecule has 0 fully saturated rings. The first-order chi connectivity index (χ1) is 11.1. The molecule has 0 N–H and O–H groups in total. The van der Waals surface area contributed by atoms with Gasteiger partial charge < -0.3 is 9.47 Å². The number of ether oxygens (including phenoxy) is 2. The Balaban J connectivity index is 1.89. The second-order valence-corrected chi connectivity index (χ2v) is 5.04. The summed E-state index contributed by atoms with van der Waals surface area (Å²) in [6.45, 7) is 2.23. The van der Waals surface area contributed by atoms with Gasteiger partial charge in [-0.25, -0.2) is 9.59 Å². The van der Waals surface area contributed by atoms with Gasteiger partial charge in [0.1, 0.15) is 6.61 Å². The minimum atomic E-state index is -0.413. The molecule has 0 saturated carbocycles. The van der Waals surface area contributed by atoms with Gasteiger partial charge in [0, 0.05) is 6.08 Å². The lowest BCUT2D eigenvalue weighted by molar-refractivity contribution is -0.138. The number of benzene rings is 2. The minimum absolute atomic E-state index is 0.242. The Morgan fingerprint density at radius 1 is 1.09 bits per heavy atom. The van der Waals surface area contributed by atoms with E-state index in [1.165, 1.54) is 13.2 Å². The van der Waals surface area contributed by atoms with Crippen LogP contribution in [0.15, 0.2) is 54.6 Å². The Kier molecular flexibility index (Phi) is 5.69. The van der Waals surface area contributed by atoms with Crippen LogP contribution in [-0.4, -0.2) is 19.0 Å². The number of hydrogen-bond acceptors (Lipinski definition) is 4. The van der Waals surface area contributed by atoms with E-state index in [0.29, 0.717) is 5.56 Å². The van der Waals surface area contributed by atoms with Gasteiger partial charge in [-0.3, -0.25) is 0 Å². The van der Waals surface area contributed by atoms with Crippen LogP contribution in [0.2, 0.25) is 0 Å². The highest BCUT2D eigenvalue weighted by Crippen LogP contribution is 2.08. The lowest BCUT2D eigenvalue weighted by Crippen LogP contribution is -2.01. The van der Waals surface area contributed by atoms with Crippen molar-refractivity contribution in [3.63, 3.8) is 0 Å². The summed E-state index contributed by atoms with van der Waals surface area (Å²) in [6, 6.07) is 14.6. The monoisotopic (exact) mass is 310 g/mol. The normalized spacial score (nSPS) is 10.5. The lowest BCUT2D eigenvalue weighted by atomic mass is 10.1. The second-order valence-electron chi connectivity index (χ2n) is 5.04. The molecule has 0 spiro atoms. The zero-order chi connectivity index (χ0) is 16.7. The predicted octanol–water partition coefficient (Wildman–Crippen LogP) is 3.54. The van der Waals surface area contributed by atoms with Crippen molar-refractivity contribution in [2.45, 2.75) is 13.5 Å². The van der Waals surface area contributed by atoms with Gasteiger partial charge in [-0.15, -0.1) is 0 Å². The van der Waals surface area contributed by atoms with Crippen LogP contribution in [-0.2, 0) is 20.9 Å². The topological polar surface area (TPSA) is 52.6 Å². The minimum Gasteiger partial charge on any atom is -0.465 e. The van der Waals surface area contributed by atoms with Gasteiger partial charge in [0.2, 0.25) is 0 Å². The first-order valence-electron chi connectivity index (χ1n) is 7.17. The zero-order valence-corrected chi connectivity index (χ0v) is 13.1. The van der Waals surface area contributed by atoms with E-state index in [0.717, 1.165) is 16.7 Å². The summed E-state index contributed by atoms with van der Waals surface area (Å²) in [5.74, 6) is -0.804. The standard InChI is InChI=1S/C19H18O4/c1-14-4-3-5-16(12-14)13-23-18(20)11-8-15-6-9-17(10-7-15)19(21)22-2/h3-12H,13H2,1-2H3/b11-8+. The number of esters is 2. The first kappa shape index (κ1) is 16.5. The Morgan fingerprint density at radius 2 is 1.83 bits per heavy atom. The van der Waals surface area contributed by atoms with E-state index in [1.807, 2.05) is 31.2 Å². The number of methoxy groups -OCH3 is 1. The fourth-order valence-electron chi connectivity index (χ4n) is 2.02. The van der Waals surface area contributed by atoms with Crippen molar-refractivity contribution < 1.29 is 19.1 Å². The summed E-state index contributed by atoms with van der Waals surface area (Å²) in [7, 11) is 1.33. The third-order valence-electron chi connectivity index (χ3n) is 3.21. The summed E-state index contributed by atoms with van der Waals surface area (Å²) in [6.07, 6.45) is 3.00. The molecule has 0 aliphatic rings. The van der Waals surface area contributed by atoms with Crippen LogP contribution in [0.3, 0.4) is 0 Å². The molecule has 118 valence electrons. The maximum atomic E-state index is 11.7. The van der Waals surface area contributed by atoms with Crippen molar-refractivity contribution in [3.05, 3.63) is 76.9 Å². The van der Waals surface area contributed by atoms with E-state index in [-0.39, 0.29) is 6.61 Å². The fourth-order valence-corrected chi connectivity index (χ4v) is 2.02.